The lowest BCUT2D eigenvalue weighted by Gasteiger charge is -2.38. The van der Waals surface area contributed by atoms with Gasteiger partial charge in [-0.2, -0.15) is 0 Å². The van der Waals surface area contributed by atoms with Crippen molar-refractivity contribution in [1.82, 2.24) is 39.2 Å². The molecule has 20 heteroatoms. The van der Waals surface area contributed by atoms with E-state index in [0.29, 0.717) is 17.4 Å². The molecule has 0 bridgehead atoms. The standard InChI is InChI=1S/2C14H23N.C9H23N2.C8H18N2.C7H18N4.C7H17N3.C7H16N2.C6H16N2.C3H8N2.C3H6N/c2*1-10-8-9-13(12(3)11(10)2)14(4,5)15(6)7;1-9(2,10(3)4)8-11(5,6)7;1-10(2)8-5-3-7(9)4-6-8;1-7(2,11(3)4)5-10-6(8)9;1-7(2,10(3)4)5-6(8)9;1-9(2)7-3-5-8-6-4-7;1-6(2,5-7)8(3)4;1-3(4)5-2;1-3(2)4/h2*8-9H,1-7H3;8H2,1-7H3;7-8H,3-6,9H2,1-2H3;5H2,1-4H3,(H4,8,9,10);5H2,1-4H3,(H3,8,9);7-8H,3-6H2,1-2H3;5,7H2,1-4H3;1-2H3,(H2,4,5);1H,4H2,2H3/q;;+1;;;;;;;+1/p+5. The Hall–Kier alpha value is -4.38. The number of nitrogens with one attached hydrogen (secondary N) is 1. The van der Waals surface area contributed by atoms with E-state index in [4.69, 9.17) is 40.7 Å². The zero-order valence-corrected chi connectivity index (χ0v) is 72.5. The number of nitrogens with zero attached hydrogens (tertiary/aromatic N) is 10. The maximum Gasteiger partial charge on any atom is 0.338 e. The third kappa shape index (κ3) is 47.7. The van der Waals surface area contributed by atoms with Gasteiger partial charge in [-0.25, -0.2) is 0 Å². The number of aliphatic imine (C=N–C) groups is 1. The van der Waals surface area contributed by atoms with Crippen molar-refractivity contribution in [3.63, 3.8) is 0 Å². The minimum Gasteiger partial charge on any atom is -0.388 e. The number of hydrogen-bond acceptors (Lipinski definition) is 10. The number of nitrogens with two attached hydrogens (primary N) is 7. The van der Waals surface area contributed by atoms with Crippen LogP contribution in [-0.4, -0.2) is 275 Å². The van der Waals surface area contributed by atoms with Gasteiger partial charge in [-0.1, -0.05) is 24.3 Å². The van der Waals surface area contributed by atoms with Crippen LogP contribution < -0.4 is 55.9 Å². The monoisotopic (exact) mass is 1390 g/mol. The van der Waals surface area contributed by atoms with E-state index in [-0.39, 0.29) is 39.2 Å². The van der Waals surface area contributed by atoms with E-state index in [0.717, 1.165) is 42.1 Å². The lowest BCUT2D eigenvalue weighted by Crippen LogP contribution is -2.87. The molecule has 20 nitrogen and oxygen atoms in total. The van der Waals surface area contributed by atoms with E-state index >= 15 is 0 Å². The van der Waals surface area contributed by atoms with Gasteiger partial charge in [0.15, 0.2) is 0 Å². The van der Waals surface area contributed by atoms with Crippen LogP contribution in [0.3, 0.4) is 0 Å². The third-order valence-corrected chi connectivity index (χ3v) is 20.4. The summed E-state index contributed by atoms with van der Waals surface area (Å²) in [5.41, 5.74) is 46.3. The van der Waals surface area contributed by atoms with Crippen molar-refractivity contribution >= 4 is 17.6 Å². The highest BCUT2D eigenvalue weighted by molar-refractivity contribution is 5.77. The van der Waals surface area contributed by atoms with Crippen molar-refractivity contribution in [2.45, 2.75) is 235 Å². The normalized spacial score (nSPS) is 15.5. The van der Waals surface area contributed by atoms with E-state index in [1.165, 1.54) is 103 Å². The summed E-state index contributed by atoms with van der Waals surface area (Å²) in [5, 5.41) is 7.79. The van der Waals surface area contributed by atoms with Crippen molar-refractivity contribution in [3.8, 4) is 0 Å². The zero-order chi connectivity index (χ0) is 79.2. The van der Waals surface area contributed by atoms with Crippen molar-refractivity contribution in [3.05, 3.63) is 81.0 Å². The maximum absolute atomic E-state index is 5.38. The molecule has 2 aromatic rings. The van der Waals surface area contributed by atoms with E-state index in [2.05, 4.69) is 321 Å². The van der Waals surface area contributed by atoms with Gasteiger partial charge in [-0.05, 0) is 302 Å². The number of quaternary nitrogens is 4. The minimum atomic E-state index is 0.0683. The van der Waals surface area contributed by atoms with Gasteiger partial charge in [-0.3, -0.25) is 42.4 Å². The van der Waals surface area contributed by atoms with Gasteiger partial charge in [0.2, 0.25) is 18.1 Å². The van der Waals surface area contributed by atoms with Crippen LogP contribution in [0.25, 0.3) is 0 Å². The lowest BCUT2D eigenvalue weighted by atomic mass is 9.86. The van der Waals surface area contributed by atoms with Crippen LogP contribution in [0.4, 0.5) is 0 Å². The molecule has 1 saturated heterocycles. The number of piperidine rings is 1. The quantitative estimate of drug-likeness (QED) is 0.0470. The zero-order valence-electron chi connectivity index (χ0n) is 72.5. The summed E-state index contributed by atoms with van der Waals surface area (Å²) >= 11 is 0. The van der Waals surface area contributed by atoms with Gasteiger partial charge in [0, 0.05) is 73.9 Å². The van der Waals surface area contributed by atoms with Crippen LogP contribution in [0, 0.1) is 48.1 Å². The fourth-order valence-corrected chi connectivity index (χ4v) is 9.47. The van der Waals surface area contributed by atoms with Gasteiger partial charge >= 0.3 is 5.96 Å². The molecular formula is C78H173N20+7. The molecule has 0 amide bonds. The Morgan fingerprint density at radius 2 is 0.837 bits per heavy atom. The second-order valence-corrected chi connectivity index (χ2v) is 33.7. The van der Waals surface area contributed by atoms with Crippen LogP contribution in [0.2, 0.25) is 0 Å². The van der Waals surface area contributed by atoms with Crippen LogP contribution in [0.5, 0.6) is 0 Å². The minimum absolute atomic E-state index is 0.0683. The molecule has 1 saturated carbocycles. The maximum atomic E-state index is 5.38. The van der Waals surface area contributed by atoms with Crippen molar-refractivity contribution in [2.75, 3.05) is 174 Å². The average molecular weight is 1390 g/mol. The number of benzene rings is 2. The van der Waals surface area contributed by atoms with Gasteiger partial charge in [0.25, 0.3) is 0 Å². The largest absolute Gasteiger partial charge is 0.388 e. The summed E-state index contributed by atoms with van der Waals surface area (Å²) in [6, 6.07) is 11.4. The van der Waals surface area contributed by atoms with E-state index in [1.54, 1.807) is 20.9 Å². The summed E-state index contributed by atoms with van der Waals surface area (Å²) in [4.78, 5) is 24.4. The van der Waals surface area contributed by atoms with E-state index in [1.807, 2.05) is 28.2 Å². The first kappa shape index (κ1) is 105. The molecule has 2 fully saturated rings. The van der Waals surface area contributed by atoms with Gasteiger partial charge in [0.05, 0.1) is 83.2 Å². The topological polar surface area (TPSA) is 280 Å². The Morgan fingerprint density at radius 3 is 1.03 bits per heavy atom. The van der Waals surface area contributed by atoms with Crippen LogP contribution >= 0.6 is 0 Å². The van der Waals surface area contributed by atoms with Crippen LogP contribution in [0.15, 0.2) is 35.0 Å². The Morgan fingerprint density at radius 1 is 0.531 bits per heavy atom. The number of aryl methyl sites for hydroxylation is 2. The number of allylic oxidation sites excluding steroid dienone is 1. The molecule has 0 aromatic heterocycles. The first-order chi connectivity index (χ1) is 43.9. The SMILES string of the molecule is CN(C)C(C)(C)CC(N)=[NH2+].CN(C)C(C)(C)C[N+](C)(C)C.CN(C)C(C)(C)C[NH+]=C(N)N.CN(C)C(C)(C)C[NH3+].CN(C)C1CCC([NH3+])CC1.CN(C)C1CC[NH2+]CC1.CN=C(C)N.Cc1ccc(C(C)(C)N(C)C)c(C)c1C.Cc1ccc(C(C)(C)N(C)C)c(C)c1C.[CH+]=C(C)N. The van der Waals surface area contributed by atoms with Gasteiger partial charge < -0.3 is 62.1 Å². The van der Waals surface area contributed by atoms with E-state index < -0.39 is 0 Å². The predicted molar refractivity (Wildman–Crippen MR) is 433 cm³/mol. The Bertz CT molecular complexity index is 2410. The third-order valence-electron chi connectivity index (χ3n) is 20.4. The molecule has 98 heavy (non-hydrogen) atoms. The first-order valence-electron chi connectivity index (χ1n) is 35.7. The smallest absolute Gasteiger partial charge is 0.338 e. The molecule has 2 aromatic carbocycles. The van der Waals surface area contributed by atoms with E-state index in [9.17, 15) is 0 Å². The van der Waals surface area contributed by atoms with Crippen molar-refractivity contribution in [1.29, 1.82) is 0 Å². The van der Waals surface area contributed by atoms with Crippen molar-refractivity contribution < 1.29 is 31.7 Å². The summed E-state index contributed by atoms with van der Waals surface area (Å²) in [7, 11) is 42.1. The molecule has 4 rings (SSSR count). The number of likely N-dealkylation sites (N-methyl/N-ethyl adjacent to an activating group) is 4. The molecule has 1 aliphatic carbocycles. The first-order valence-corrected chi connectivity index (χ1v) is 35.7. The average Bonchev–Trinajstić information content (AvgIpc) is 0.802. The Kier molecular flexibility index (Phi) is 52.6. The summed E-state index contributed by atoms with van der Waals surface area (Å²) in [6.45, 7) is 53.4. The number of amidine groups is 2. The second kappa shape index (κ2) is 49.3. The molecule has 0 atom stereocenters. The number of rotatable bonds is 17. The highest BCUT2D eigenvalue weighted by atomic mass is 15.3. The Balaban J connectivity index is -0.000000244. The second-order valence-electron chi connectivity index (χ2n) is 33.7. The van der Waals surface area contributed by atoms with Crippen molar-refractivity contribution in [2.24, 2.45) is 33.7 Å². The molecule has 578 valence electrons. The molecule has 21 N–H and O–H groups in total. The molecule has 2 aliphatic rings. The number of hydrogen-bond donors (Lipinski definition) is 10. The highest BCUT2D eigenvalue weighted by Crippen LogP contribution is 2.32. The fourth-order valence-electron chi connectivity index (χ4n) is 9.47. The summed E-state index contributed by atoms with van der Waals surface area (Å²) in [6.07, 6.45) is 8.81. The lowest BCUT2D eigenvalue weighted by molar-refractivity contribution is -0.875. The molecular weight excluding hydrogens is 1220 g/mol. The molecule has 0 unspecified atom stereocenters. The van der Waals surface area contributed by atoms with Crippen LogP contribution in [-0.2, 0) is 11.1 Å². The predicted octanol–water partition coefficient (Wildman–Crippen LogP) is 3.58. The van der Waals surface area contributed by atoms with Crippen LogP contribution in [0.1, 0.15) is 186 Å². The molecule has 0 spiro atoms. The molecule has 1 aliphatic heterocycles. The Labute approximate surface area is 608 Å². The number of guanidine groups is 1. The fraction of sp³-hybridized carbons (Fsp3) is 0.782. The molecule has 0 radical (unpaired) electrons. The summed E-state index contributed by atoms with van der Waals surface area (Å²) < 4.78 is 1.02. The van der Waals surface area contributed by atoms with Gasteiger partial charge in [-0.15, -0.1) is 0 Å². The van der Waals surface area contributed by atoms with Gasteiger partial charge in [0.1, 0.15) is 0 Å². The highest BCUT2D eigenvalue weighted by Gasteiger charge is 2.30. The summed E-state index contributed by atoms with van der Waals surface area (Å²) in [5.74, 6) is 1.41. The molecule has 1 heterocycles.